The van der Waals surface area contributed by atoms with Gasteiger partial charge < -0.3 is 14.7 Å². The second kappa shape index (κ2) is 6.48. The second-order valence-corrected chi connectivity index (χ2v) is 2.87. The SMILES string of the molecule is C=CCN(C(=O)OCCO)C(C)C. The smallest absolute Gasteiger partial charge is 0.410 e. The summed E-state index contributed by atoms with van der Waals surface area (Å²) >= 11 is 0. The van der Waals surface area contributed by atoms with Crippen molar-refractivity contribution in [1.82, 2.24) is 4.90 Å². The minimum Gasteiger partial charge on any atom is -0.447 e. The topological polar surface area (TPSA) is 49.8 Å². The van der Waals surface area contributed by atoms with E-state index in [0.29, 0.717) is 6.54 Å². The van der Waals surface area contributed by atoms with E-state index < -0.39 is 6.09 Å². The first-order valence-electron chi connectivity index (χ1n) is 4.28. The van der Waals surface area contributed by atoms with Crippen LogP contribution in [-0.4, -0.2) is 41.9 Å². The van der Waals surface area contributed by atoms with Gasteiger partial charge in [0.2, 0.25) is 0 Å². The van der Waals surface area contributed by atoms with Gasteiger partial charge in [0.15, 0.2) is 0 Å². The van der Waals surface area contributed by atoms with E-state index in [2.05, 4.69) is 6.58 Å². The number of carbonyl (C=O) groups excluding carboxylic acids is 1. The molecule has 0 aliphatic carbocycles. The molecule has 0 aliphatic rings. The van der Waals surface area contributed by atoms with E-state index in [1.165, 1.54) is 4.90 Å². The number of nitrogens with zero attached hydrogens (tertiary/aromatic N) is 1. The highest BCUT2D eigenvalue weighted by Crippen LogP contribution is 2.01. The highest BCUT2D eigenvalue weighted by atomic mass is 16.6. The number of hydrogen-bond acceptors (Lipinski definition) is 3. The van der Waals surface area contributed by atoms with Crippen LogP contribution >= 0.6 is 0 Å². The number of aliphatic hydroxyl groups is 1. The van der Waals surface area contributed by atoms with Gasteiger partial charge in [0.05, 0.1) is 6.61 Å². The normalized spacial score (nSPS) is 9.85. The summed E-state index contributed by atoms with van der Waals surface area (Å²) in [6, 6.07) is 0.0733. The molecule has 4 heteroatoms. The van der Waals surface area contributed by atoms with Crippen LogP contribution in [0.25, 0.3) is 0 Å². The maximum Gasteiger partial charge on any atom is 0.410 e. The van der Waals surface area contributed by atoms with Gasteiger partial charge in [-0.1, -0.05) is 6.08 Å². The average Bonchev–Trinajstić information content (AvgIpc) is 2.09. The van der Waals surface area contributed by atoms with Gasteiger partial charge in [0.25, 0.3) is 0 Å². The molecule has 1 amide bonds. The molecule has 0 spiro atoms. The molecule has 76 valence electrons. The second-order valence-electron chi connectivity index (χ2n) is 2.87. The van der Waals surface area contributed by atoms with E-state index in [1.807, 2.05) is 13.8 Å². The van der Waals surface area contributed by atoms with E-state index in [4.69, 9.17) is 9.84 Å². The molecule has 0 saturated carbocycles. The summed E-state index contributed by atoms with van der Waals surface area (Å²) in [4.78, 5) is 12.8. The van der Waals surface area contributed by atoms with E-state index in [9.17, 15) is 4.79 Å². The Balaban J connectivity index is 4.03. The van der Waals surface area contributed by atoms with Gasteiger partial charge in [0, 0.05) is 12.6 Å². The Labute approximate surface area is 78.8 Å². The van der Waals surface area contributed by atoms with Gasteiger partial charge in [-0.15, -0.1) is 6.58 Å². The lowest BCUT2D eigenvalue weighted by atomic mass is 10.3. The highest BCUT2D eigenvalue weighted by molar-refractivity contribution is 5.68. The molecule has 0 aromatic carbocycles. The van der Waals surface area contributed by atoms with Crippen LogP contribution in [0.2, 0.25) is 0 Å². The standard InChI is InChI=1S/C9H17NO3/c1-4-5-10(8(2)3)9(12)13-7-6-11/h4,8,11H,1,5-7H2,2-3H3. The maximum atomic E-state index is 11.3. The fraction of sp³-hybridized carbons (Fsp3) is 0.667. The van der Waals surface area contributed by atoms with E-state index in [-0.39, 0.29) is 19.3 Å². The molecule has 0 aliphatic heterocycles. The van der Waals surface area contributed by atoms with E-state index >= 15 is 0 Å². The number of ether oxygens (including phenoxy) is 1. The Morgan fingerprint density at radius 2 is 2.31 bits per heavy atom. The summed E-state index contributed by atoms with van der Waals surface area (Å²) in [7, 11) is 0. The Kier molecular flexibility index (Phi) is 5.97. The first kappa shape index (κ1) is 12.0. The average molecular weight is 187 g/mol. The molecular formula is C9H17NO3. The van der Waals surface area contributed by atoms with Gasteiger partial charge in [-0.25, -0.2) is 4.79 Å². The lowest BCUT2D eigenvalue weighted by Crippen LogP contribution is -2.37. The molecule has 13 heavy (non-hydrogen) atoms. The molecule has 0 radical (unpaired) electrons. The molecule has 0 rings (SSSR count). The van der Waals surface area contributed by atoms with Crippen molar-refractivity contribution >= 4 is 6.09 Å². The molecule has 0 bridgehead atoms. The molecule has 4 nitrogen and oxygen atoms in total. The van der Waals surface area contributed by atoms with Gasteiger partial charge in [-0.3, -0.25) is 0 Å². The van der Waals surface area contributed by atoms with Crippen LogP contribution in [0.4, 0.5) is 4.79 Å². The van der Waals surface area contributed by atoms with Crippen LogP contribution < -0.4 is 0 Å². The molecule has 0 saturated heterocycles. The van der Waals surface area contributed by atoms with Crippen LogP contribution in [0.1, 0.15) is 13.8 Å². The van der Waals surface area contributed by atoms with Crippen molar-refractivity contribution in [2.75, 3.05) is 19.8 Å². The summed E-state index contributed by atoms with van der Waals surface area (Å²) in [6.45, 7) is 7.69. The van der Waals surface area contributed by atoms with Gasteiger partial charge in [-0.2, -0.15) is 0 Å². The molecule has 0 aromatic rings. The zero-order chi connectivity index (χ0) is 10.3. The first-order valence-corrected chi connectivity index (χ1v) is 4.28. The lowest BCUT2D eigenvalue weighted by molar-refractivity contribution is 0.0794. The van der Waals surface area contributed by atoms with Crippen LogP contribution in [0.15, 0.2) is 12.7 Å². The van der Waals surface area contributed by atoms with Crippen molar-refractivity contribution < 1.29 is 14.6 Å². The molecule has 0 atom stereocenters. The Morgan fingerprint density at radius 3 is 2.69 bits per heavy atom. The summed E-state index contributed by atoms with van der Waals surface area (Å²) < 4.78 is 4.76. The molecule has 0 heterocycles. The fourth-order valence-electron chi connectivity index (χ4n) is 0.851. The largest absolute Gasteiger partial charge is 0.447 e. The van der Waals surface area contributed by atoms with Gasteiger partial charge in [0.1, 0.15) is 6.61 Å². The highest BCUT2D eigenvalue weighted by Gasteiger charge is 2.15. The van der Waals surface area contributed by atoms with Crippen molar-refractivity contribution in [2.24, 2.45) is 0 Å². The lowest BCUT2D eigenvalue weighted by Gasteiger charge is -2.24. The van der Waals surface area contributed by atoms with Crippen molar-refractivity contribution in [1.29, 1.82) is 0 Å². The van der Waals surface area contributed by atoms with Crippen molar-refractivity contribution in [2.45, 2.75) is 19.9 Å². The number of amides is 1. The summed E-state index contributed by atoms with van der Waals surface area (Å²) in [5, 5.41) is 8.45. The molecule has 0 fully saturated rings. The fourth-order valence-corrected chi connectivity index (χ4v) is 0.851. The third kappa shape index (κ3) is 4.52. The third-order valence-corrected chi connectivity index (χ3v) is 1.50. The number of hydrogen-bond donors (Lipinski definition) is 1. The summed E-state index contributed by atoms with van der Waals surface area (Å²) in [6.07, 6.45) is 1.23. The molecule has 0 unspecified atom stereocenters. The third-order valence-electron chi connectivity index (χ3n) is 1.50. The summed E-state index contributed by atoms with van der Waals surface area (Å²) in [5.41, 5.74) is 0. The predicted molar refractivity (Wildman–Crippen MR) is 50.5 cm³/mol. The summed E-state index contributed by atoms with van der Waals surface area (Å²) in [5.74, 6) is 0. The van der Waals surface area contributed by atoms with E-state index in [0.717, 1.165) is 0 Å². The van der Waals surface area contributed by atoms with Crippen LogP contribution in [-0.2, 0) is 4.74 Å². The first-order chi connectivity index (χ1) is 6.13. The monoisotopic (exact) mass is 187 g/mol. The Bertz CT molecular complexity index is 168. The Morgan fingerprint density at radius 1 is 1.69 bits per heavy atom. The zero-order valence-corrected chi connectivity index (χ0v) is 8.19. The molecular weight excluding hydrogens is 170 g/mol. The number of aliphatic hydroxyl groups excluding tert-OH is 1. The predicted octanol–water partition coefficient (Wildman–Crippen LogP) is 1.01. The minimum atomic E-state index is -0.413. The minimum absolute atomic E-state index is 0.0409. The zero-order valence-electron chi connectivity index (χ0n) is 8.19. The van der Waals surface area contributed by atoms with E-state index in [1.54, 1.807) is 6.08 Å². The number of rotatable bonds is 5. The van der Waals surface area contributed by atoms with Crippen LogP contribution in [0.5, 0.6) is 0 Å². The van der Waals surface area contributed by atoms with Crippen molar-refractivity contribution in [3.8, 4) is 0 Å². The molecule has 0 aromatic heterocycles. The number of carbonyl (C=O) groups is 1. The maximum absolute atomic E-state index is 11.3. The van der Waals surface area contributed by atoms with Gasteiger partial charge in [-0.05, 0) is 13.8 Å². The van der Waals surface area contributed by atoms with Crippen LogP contribution in [0.3, 0.4) is 0 Å². The van der Waals surface area contributed by atoms with Gasteiger partial charge >= 0.3 is 6.09 Å². The molecule has 1 N–H and O–H groups in total. The quantitative estimate of drug-likeness (QED) is 0.653. The van der Waals surface area contributed by atoms with Crippen molar-refractivity contribution in [3.63, 3.8) is 0 Å². The Hall–Kier alpha value is -1.03. The van der Waals surface area contributed by atoms with Crippen LogP contribution in [0, 0.1) is 0 Å². The van der Waals surface area contributed by atoms with Crippen molar-refractivity contribution in [3.05, 3.63) is 12.7 Å².